The minimum atomic E-state index is -1.82. The van der Waals surface area contributed by atoms with Gasteiger partial charge in [-0.2, -0.15) is 0 Å². The summed E-state index contributed by atoms with van der Waals surface area (Å²) in [5.41, 5.74) is 4.48. The third-order valence-electron chi connectivity index (χ3n) is 2.34. The fourth-order valence-electron chi connectivity index (χ4n) is 1.27. The van der Waals surface area contributed by atoms with E-state index in [0.717, 1.165) is 5.56 Å². The van der Waals surface area contributed by atoms with Gasteiger partial charge in [-0.15, -0.1) is 12.4 Å². The number of carboxylic acids is 1. The standard InChI is InChI=1S/C11H13NO3.ClH/c1-8(13)11(12,10(14)15)7-9-5-3-2-4-6-9;/h2-6H,7,12H2,1H3,(H,14,15);1H. The minimum Gasteiger partial charge on any atom is -0.480 e. The number of nitrogens with two attached hydrogens (primary N) is 1. The fraction of sp³-hybridized carbons (Fsp3) is 0.273. The number of carbonyl (C=O) groups is 2. The molecular weight excluding hydrogens is 230 g/mol. The van der Waals surface area contributed by atoms with Crippen molar-refractivity contribution >= 4 is 24.2 Å². The highest BCUT2D eigenvalue weighted by Crippen LogP contribution is 2.12. The lowest BCUT2D eigenvalue weighted by Crippen LogP contribution is -2.55. The van der Waals surface area contributed by atoms with Crippen molar-refractivity contribution in [1.82, 2.24) is 0 Å². The second kappa shape index (κ2) is 5.63. The molecule has 1 aromatic rings. The highest BCUT2D eigenvalue weighted by Gasteiger charge is 2.39. The summed E-state index contributed by atoms with van der Waals surface area (Å²) in [6.45, 7) is 1.19. The van der Waals surface area contributed by atoms with Crippen LogP contribution in [0.2, 0.25) is 0 Å². The topological polar surface area (TPSA) is 80.4 Å². The molecule has 0 aliphatic rings. The van der Waals surface area contributed by atoms with E-state index in [4.69, 9.17) is 10.8 Å². The molecule has 0 heterocycles. The largest absolute Gasteiger partial charge is 0.480 e. The normalized spacial score (nSPS) is 13.4. The summed E-state index contributed by atoms with van der Waals surface area (Å²) in [5, 5.41) is 8.92. The molecule has 0 radical (unpaired) electrons. The third-order valence-corrected chi connectivity index (χ3v) is 2.34. The van der Waals surface area contributed by atoms with Gasteiger partial charge in [0.1, 0.15) is 0 Å². The van der Waals surface area contributed by atoms with Gasteiger partial charge in [-0.05, 0) is 12.5 Å². The number of benzene rings is 1. The molecule has 1 unspecified atom stereocenters. The van der Waals surface area contributed by atoms with Crippen molar-refractivity contribution in [3.63, 3.8) is 0 Å². The fourth-order valence-corrected chi connectivity index (χ4v) is 1.27. The molecule has 1 rings (SSSR count). The van der Waals surface area contributed by atoms with Crippen LogP contribution < -0.4 is 5.73 Å². The first kappa shape index (κ1) is 14.6. The van der Waals surface area contributed by atoms with E-state index in [1.54, 1.807) is 24.3 Å². The second-order valence-corrected chi connectivity index (χ2v) is 3.50. The first-order chi connectivity index (χ1) is 6.97. The van der Waals surface area contributed by atoms with E-state index in [0.29, 0.717) is 0 Å². The highest BCUT2D eigenvalue weighted by molar-refractivity contribution is 6.06. The lowest BCUT2D eigenvalue weighted by atomic mass is 9.88. The Labute approximate surface area is 99.9 Å². The molecule has 0 amide bonds. The van der Waals surface area contributed by atoms with Crippen LogP contribution in [0.4, 0.5) is 0 Å². The highest BCUT2D eigenvalue weighted by atomic mass is 35.5. The van der Waals surface area contributed by atoms with Gasteiger partial charge in [-0.25, -0.2) is 4.79 Å². The Balaban J connectivity index is 0.00000225. The van der Waals surface area contributed by atoms with Gasteiger partial charge in [0.05, 0.1) is 0 Å². The van der Waals surface area contributed by atoms with E-state index in [1.807, 2.05) is 6.07 Å². The molecule has 0 fully saturated rings. The maximum atomic E-state index is 11.2. The van der Waals surface area contributed by atoms with Crippen LogP contribution in [0.1, 0.15) is 12.5 Å². The Kier molecular flexibility index (Phi) is 5.14. The van der Waals surface area contributed by atoms with Crippen LogP contribution in [0.25, 0.3) is 0 Å². The van der Waals surface area contributed by atoms with E-state index in [-0.39, 0.29) is 18.8 Å². The molecule has 0 saturated carbocycles. The zero-order valence-electron chi connectivity index (χ0n) is 8.84. The number of hydrogen-bond donors (Lipinski definition) is 2. The molecule has 1 atom stereocenters. The predicted octanol–water partition coefficient (Wildman–Crippen LogP) is 1.02. The molecule has 0 aromatic heterocycles. The van der Waals surface area contributed by atoms with Crippen LogP contribution in [0.5, 0.6) is 0 Å². The van der Waals surface area contributed by atoms with E-state index < -0.39 is 17.3 Å². The van der Waals surface area contributed by atoms with Gasteiger partial charge in [0.2, 0.25) is 0 Å². The predicted molar refractivity (Wildman–Crippen MR) is 62.6 cm³/mol. The Hall–Kier alpha value is -1.39. The van der Waals surface area contributed by atoms with E-state index >= 15 is 0 Å². The summed E-state index contributed by atoms with van der Waals surface area (Å²) in [7, 11) is 0. The van der Waals surface area contributed by atoms with Crippen LogP contribution >= 0.6 is 12.4 Å². The second-order valence-electron chi connectivity index (χ2n) is 3.50. The number of carbonyl (C=O) groups excluding carboxylic acids is 1. The molecule has 0 aliphatic carbocycles. The monoisotopic (exact) mass is 243 g/mol. The molecular formula is C11H14ClNO3. The van der Waals surface area contributed by atoms with Crippen molar-refractivity contribution in [1.29, 1.82) is 0 Å². The number of ketones is 1. The number of rotatable bonds is 4. The Bertz CT molecular complexity index is 364. The summed E-state index contributed by atoms with van der Waals surface area (Å²) in [6.07, 6.45) is 0.0124. The van der Waals surface area contributed by atoms with Crippen LogP contribution in [-0.4, -0.2) is 22.4 Å². The number of Topliss-reactive ketones (excluding diaryl/α,β-unsaturated/α-hetero) is 1. The third kappa shape index (κ3) is 3.05. The number of aliphatic carboxylic acids is 1. The molecule has 0 bridgehead atoms. The van der Waals surface area contributed by atoms with Gasteiger partial charge in [-0.3, -0.25) is 4.79 Å². The average molecular weight is 244 g/mol. The van der Waals surface area contributed by atoms with Gasteiger partial charge in [0.25, 0.3) is 0 Å². The average Bonchev–Trinajstić information content (AvgIpc) is 2.18. The molecule has 5 heteroatoms. The van der Waals surface area contributed by atoms with Crippen molar-refractivity contribution in [2.24, 2.45) is 5.73 Å². The van der Waals surface area contributed by atoms with Crippen molar-refractivity contribution in [2.45, 2.75) is 18.9 Å². The molecule has 0 saturated heterocycles. The van der Waals surface area contributed by atoms with E-state index in [2.05, 4.69) is 0 Å². The zero-order chi connectivity index (χ0) is 11.5. The summed E-state index contributed by atoms with van der Waals surface area (Å²) in [6, 6.07) is 8.85. The van der Waals surface area contributed by atoms with Crippen LogP contribution in [-0.2, 0) is 16.0 Å². The van der Waals surface area contributed by atoms with Crippen molar-refractivity contribution in [3.8, 4) is 0 Å². The first-order valence-electron chi connectivity index (χ1n) is 4.54. The molecule has 16 heavy (non-hydrogen) atoms. The molecule has 0 aliphatic heterocycles. The summed E-state index contributed by atoms with van der Waals surface area (Å²) < 4.78 is 0. The summed E-state index contributed by atoms with van der Waals surface area (Å²) in [4.78, 5) is 22.1. The van der Waals surface area contributed by atoms with E-state index in [1.165, 1.54) is 6.92 Å². The van der Waals surface area contributed by atoms with Gasteiger partial charge in [0.15, 0.2) is 11.3 Å². The molecule has 88 valence electrons. The van der Waals surface area contributed by atoms with Crippen molar-refractivity contribution in [3.05, 3.63) is 35.9 Å². The molecule has 1 aromatic carbocycles. The van der Waals surface area contributed by atoms with E-state index in [9.17, 15) is 9.59 Å². The first-order valence-corrected chi connectivity index (χ1v) is 4.54. The van der Waals surface area contributed by atoms with Gasteiger partial charge in [-0.1, -0.05) is 30.3 Å². The summed E-state index contributed by atoms with van der Waals surface area (Å²) >= 11 is 0. The minimum absolute atomic E-state index is 0. The smallest absolute Gasteiger partial charge is 0.331 e. The van der Waals surface area contributed by atoms with Crippen molar-refractivity contribution in [2.75, 3.05) is 0 Å². The number of carboxylic acid groups (broad SMARTS) is 1. The molecule has 4 nitrogen and oxygen atoms in total. The van der Waals surface area contributed by atoms with Gasteiger partial charge in [0, 0.05) is 6.42 Å². The molecule has 0 spiro atoms. The quantitative estimate of drug-likeness (QED) is 0.774. The SMILES string of the molecule is CC(=O)C(N)(Cc1ccccc1)C(=O)O.Cl. The van der Waals surface area contributed by atoms with Crippen molar-refractivity contribution < 1.29 is 14.7 Å². The van der Waals surface area contributed by atoms with Crippen LogP contribution in [0, 0.1) is 0 Å². The number of hydrogen-bond acceptors (Lipinski definition) is 3. The van der Waals surface area contributed by atoms with Gasteiger partial charge >= 0.3 is 5.97 Å². The maximum absolute atomic E-state index is 11.2. The lowest BCUT2D eigenvalue weighted by molar-refractivity contribution is -0.147. The van der Waals surface area contributed by atoms with Crippen LogP contribution in [0.3, 0.4) is 0 Å². The maximum Gasteiger partial charge on any atom is 0.331 e. The molecule has 3 N–H and O–H groups in total. The number of halogens is 1. The van der Waals surface area contributed by atoms with Gasteiger partial charge < -0.3 is 10.8 Å². The Morgan fingerprint density at radius 1 is 1.31 bits per heavy atom. The Morgan fingerprint density at radius 2 is 1.81 bits per heavy atom. The zero-order valence-corrected chi connectivity index (χ0v) is 9.66. The lowest BCUT2D eigenvalue weighted by Gasteiger charge is -2.21. The Morgan fingerprint density at radius 3 is 2.19 bits per heavy atom. The van der Waals surface area contributed by atoms with Crippen LogP contribution in [0.15, 0.2) is 30.3 Å². The summed E-state index contributed by atoms with van der Waals surface area (Å²) in [5.74, 6) is -1.84.